The summed E-state index contributed by atoms with van der Waals surface area (Å²) in [5.74, 6) is 0.867. The normalized spacial score (nSPS) is 10.9. The van der Waals surface area contributed by atoms with Gasteiger partial charge < -0.3 is 10.3 Å². The van der Waals surface area contributed by atoms with Crippen molar-refractivity contribution in [2.75, 3.05) is 5.32 Å². The number of rotatable bonds is 5. The van der Waals surface area contributed by atoms with Crippen LogP contribution in [0.15, 0.2) is 72.8 Å². The van der Waals surface area contributed by atoms with Crippen molar-refractivity contribution < 1.29 is 4.79 Å². The summed E-state index contributed by atoms with van der Waals surface area (Å²) in [6.45, 7) is 1.98. The first-order valence-corrected chi connectivity index (χ1v) is 9.08. The number of hydrogen-bond donors (Lipinski definition) is 2. The third-order valence-electron chi connectivity index (χ3n) is 4.62. The number of H-pyrrole nitrogens is 1. The first-order chi connectivity index (χ1) is 13.2. The summed E-state index contributed by atoms with van der Waals surface area (Å²) < 4.78 is 0. The van der Waals surface area contributed by atoms with Crippen LogP contribution >= 0.6 is 0 Å². The molecule has 0 fully saturated rings. The summed E-state index contributed by atoms with van der Waals surface area (Å²) in [5.41, 5.74) is 5.71. The van der Waals surface area contributed by atoms with E-state index in [1.165, 1.54) is 0 Å². The van der Waals surface area contributed by atoms with E-state index >= 15 is 0 Å². The van der Waals surface area contributed by atoms with Crippen molar-refractivity contribution in [3.8, 4) is 0 Å². The highest BCUT2D eigenvalue weighted by Gasteiger charge is 2.10. The third-order valence-corrected chi connectivity index (χ3v) is 4.62. The zero-order valence-corrected chi connectivity index (χ0v) is 15.2. The Kier molecular flexibility index (Phi) is 4.71. The predicted octanol–water partition coefficient (Wildman–Crippen LogP) is 4.91. The highest BCUT2D eigenvalue weighted by Crippen LogP contribution is 2.19. The van der Waals surface area contributed by atoms with Gasteiger partial charge in [-0.3, -0.25) is 4.79 Å². The van der Waals surface area contributed by atoms with E-state index in [0.717, 1.165) is 46.5 Å². The monoisotopic (exact) mass is 355 g/mol. The van der Waals surface area contributed by atoms with E-state index in [1.807, 2.05) is 73.7 Å². The molecule has 4 aromatic rings. The molecule has 1 heterocycles. The van der Waals surface area contributed by atoms with Crippen molar-refractivity contribution in [2.24, 2.45) is 0 Å². The smallest absolute Gasteiger partial charge is 0.255 e. The Morgan fingerprint density at radius 2 is 1.78 bits per heavy atom. The Balaban J connectivity index is 1.50. The quantitative estimate of drug-likeness (QED) is 0.534. The molecule has 3 aromatic carbocycles. The van der Waals surface area contributed by atoms with Gasteiger partial charge in [-0.05, 0) is 49.2 Å². The minimum Gasteiger partial charge on any atom is -0.342 e. The lowest BCUT2D eigenvalue weighted by Gasteiger charge is -2.11. The number of nitrogens with one attached hydrogen (secondary N) is 2. The standard InChI is InChI=1S/C23H21N3O/c1-16-7-6-9-18(15-16)23(27)26-19-10-3-2-8-17(19)13-14-22-24-20-11-4-5-12-21(20)25-22/h2-12,15H,13-14H2,1H3,(H,24,25)(H,26,27). The lowest BCUT2D eigenvalue weighted by atomic mass is 10.1. The van der Waals surface area contributed by atoms with Crippen LogP contribution in [0, 0.1) is 6.92 Å². The van der Waals surface area contributed by atoms with Crippen molar-refractivity contribution >= 4 is 22.6 Å². The maximum atomic E-state index is 12.6. The molecule has 0 aliphatic heterocycles. The molecule has 4 heteroatoms. The molecule has 0 saturated carbocycles. The molecule has 0 aliphatic carbocycles. The Labute approximate surface area is 158 Å². The van der Waals surface area contributed by atoms with E-state index in [9.17, 15) is 4.79 Å². The maximum absolute atomic E-state index is 12.6. The zero-order chi connectivity index (χ0) is 18.6. The van der Waals surface area contributed by atoms with Gasteiger partial charge in [-0.15, -0.1) is 0 Å². The molecule has 0 radical (unpaired) electrons. The number of carbonyl (C=O) groups excluding carboxylic acids is 1. The van der Waals surface area contributed by atoms with Crippen molar-refractivity contribution in [1.29, 1.82) is 0 Å². The number of anilines is 1. The van der Waals surface area contributed by atoms with Crippen LogP contribution in [0.25, 0.3) is 11.0 Å². The van der Waals surface area contributed by atoms with Gasteiger partial charge in [-0.25, -0.2) is 4.98 Å². The van der Waals surface area contributed by atoms with Crippen LogP contribution < -0.4 is 5.32 Å². The average molecular weight is 355 g/mol. The fraction of sp³-hybridized carbons (Fsp3) is 0.130. The van der Waals surface area contributed by atoms with E-state index in [-0.39, 0.29) is 5.91 Å². The summed E-state index contributed by atoms with van der Waals surface area (Å²) in [6.07, 6.45) is 1.58. The van der Waals surface area contributed by atoms with Crippen molar-refractivity contribution in [3.63, 3.8) is 0 Å². The molecule has 0 atom stereocenters. The summed E-state index contributed by atoms with van der Waals surface area (Å²) in [6, 6.07) is 23.6. The molecule has 27 heavy (non-hydrogen) atoms. The number of carbonyl (C=O) groups is 1. The van der Waals surface area contributed by atoms with Gasteiger partial charge in [0.2, 0.25) is 0 Å². The van der Waals surface area contributed by atoms with Gasteiger partial charge >= 0.3 is 0 Å². The van der Waals surface area contributed by atoms with Gasteiger partial charge in [-0.1, -0.05) is 48.0 Å². The lowest BCUT2D eigenvalue weighted by Crippen LogP contribution is -2.13. The molecular weight excluding hydrogens is 334 g/mol. The number of aryl methyl sites for hydroxylation is 3. The molecule has 4 rings (SSSR count). The van der Waals surface area contributed by atoms with Crippen LogP contribution in [-0.2, 0) is 12.8 Å². The number of imidazole rings is 1. The number of amides is 1. The van der Waals surface area contributed by atoms with E-state index in [4.69, 9.17) is 0 Å². The molecule has 0 saturated heterocycles. The fourth-order valence-corrected chi connectivity index (χ4v) is 3.22. The zero-order valence-electron chi connectivity index (χ0n) is 15.2. The van der Waals surface area contributed by atoms with Crippen LogP contribution in [0.3, 0.4) is 0 Å². The molecule has 0 aliphatic rings. The van der Waals surface area contributed by atoms with Gasteiger partial charge in [0.15, 0.2) is 0 Å². The Bertz CT molecular complexity index is 1060. The second kappa shape index (κ2) is 7.46. The third kappa shape index (κ3) is 3.90. The molecule has 0 spiro atoms. The molecule has 0 unspecified atom stereocenters. The molecule has 2 N–H and O–H groups in total. The largest absolute Gasteiger partial charge is 0.342 e. The van der Waals surface area contributed by atoms with Crippen LogP contribution in [0.1, 0.15) is 27.3 Å². The van der Waals surface area contributed by atoms with E-state index in [0.29, 0.717) is 5.56 Å². The minimum atomic E-state index is -0.0881. The van der Waals surface area contributed by atoms with E-state index in [2.05, 4.69) is 21.4 Å². The summed E-state index contributed by atoms with van der Waals surface area (Å²) in [4.78, 5) is 20.6. The summed E-state index contributed by atoms with van der Waals surface area (Å²) in [7, 11) is 0. The van der Waals surface area contributed by atoms with E-state index in [1.54, 1.807) is 0 Å². The highest BCUT2D eigenvalue weighted by atomic mass is 16.1. The van der Waals surface area contributed by atoms with Gasteiger partial charge in [0.25, 0.3) is 5.91 Å². The molecular formula is C23H21N3O. The number of aromatic amines is 1. The Morgan fingerprint density at radius 3 is 2.63 bits per heavy atom. The SMILES string of the molecule is Cc1cccc(C(=O)Nc2ccccc2CCc2nc3ccccc3[nH]2)c1. The summed E-state index contributed by atoms with van der Waals surface area (Å²) in [5, 5.41) is 3.05. The van der Waals surface area contributed by atoms with Crippen LogP contribution in [0.5, 0.6) is 0 Å². The average Bonchev–Trinajstić information content (AvgIpc) is 3.10. The van der Waals surface area contributed by atoms with Gasteiger partial charge in [-0.2, -0.15) is 0 Å². The van der Waals surface area contributed by atoms with Gasteiger partial charge in [0.05, 0.1) is 11.0 Å². The van der Waals surface area contributed by atoms with Crippen LogP contribution in [0.4, 0.5) is 5.69 Å². The van der Waals surface area contributed by atoms with Gasteiger partial charge in [0, 0.05) is 17.7 Å². The number of hydrogen-bond acceptors (Lipinski definition) is 2. The molecule has 0 bridgehead atoms. The predicted molar refractivity (Wildman–Crippen MR) is 109 cm³/mol. The first kappa shape index (κ1) is 17.0. The molecule has 1 amide bonds. The molecule has 4 nitrogen and oxygen atoms in total. The highest BCUT2D eigenvalue weighted by molar-refractivity contribution is 6.04. The number of nitrogens with zero attached hydrogens (tertiary/aromatic N) is 1. The topological polar surface area (TPSA) is 57.8 Å². The first-order valence-electron chi connectivity index (χ1n) is 9.08. The second-order valence-corrected chi connectivity index (χ2v) is 6.68. The fourth-order valence-electron chi connectivity index (χ4n) is 3.22. The lowest BCUT2D eigenvalue weighted by molar-refractivity contribution is 0.102. The van der Waals surface area contributed by atoms with Gasteiger partial charge in [0.1, 0.15) is 5.82 Å². The van der Waals surface area contributed by atoms with Crippen LogP contribution in [-0.4, -0.2) is 15.9 Å². The minimum absolute atomic E-state index is 0.0881. The molecule has 1 aromatic heterocycles. The number of aromatic nitrogens is 2. The Morgan fingerprint density at radius 1 is 0.963 bits per heavy atom. The van der Waals surface area contributed by atoms with Crippen molar-refractivity contribution in [1.82, 2.24) is 9.97 Å². The van der Waals surface area contributed by atoms with Crippen molar-refractivity contribution in [2.45, 2.75) is 19.8 Å². The number of para-hydroxylation sites is 3. The number of benzene rings is 3. The van der Waals surface area contributed by atoms with E-state index < -0.39 is 0 Å². The molecule has 134 valence electrons. The van der Waals surface area contributed by atoms with Crippen LogP contribution in [0.2, 0.25) is 0 Å². The van der Waals surface area contributed by atoms with Crippen molar-refractivity contribution in [3.05, 3.63) is 95.3 Å². The number of fused-ring (bicyclic) bond motifs is 1. The maximum Gasteiger partial charge on any atom is 0.255 e. The Hall–Kier alpha value is -3.40. The summed E-state index contributed by atoms with van der Waals surface area (Å²) >= 11 is 0. The second-order valence-electron chi connectivity index (χ2n) is 6.68.